The molecular weight excluding hydrogens is 513 g/mol. The first-order valence-corrected chi connectivity index (χ1v) is 12.6. The van der Waals surface area contributed by atoms with E-state index in [-0.39, 0.29) is 57.0 Å². The van der Waals surface area contributed by atoms with Gasteiger partial charge in [-0.05, 0) is 36.4 Å². The SMILES string of the molecule is CNc1ccc(S(=O)(=O)c2ccc(S(=O)(=O)CCN3CCNCC3)cc2)s1.Cl.Cl.Cl. The highest BCUT2D eigenvalue weighted by molar-refractivity contribution is 7.93. The average molecular weight is 539 g/mol. The third kappa shape index (κ3) is 6.96. The Morgan fingerprint density at radius 2 is 1.50 bits per heavy atom. The number of nitrogens with one attached hydrogen (secondary N) is 2. The van der Waals surface area contributed by atoms with Crippen LogP contribution in [0.4, 0.5) is 5.00 Å². The van der Waals surface area contributed by atoms with Crippen LogP contribution in [0.3, 0.4) is 0 Å². The Morgan fingerprint density at radius 3 is 2.03 bits per heavy atom. The average Bonchev–Trinajstić information content (AvgIpc) is 3.18. The second kappa shape index (κ2) is 12.4. The molecule has 0 radical (unpaired) electrons. The molecule has 0 atom stereocenters. The lowest BCUT2D eigenvalue weighted by molar-refractivity contribution is 0.254. The summed E-state index contributed by atoms with van der Waals surface area (Å²) >= 11 is 1.14. The van der Waals surface area contributed by atoms with Crippen molar-refractivity contribution >= 4 is 73.2 Å². The van der Waals surface area contributed by atoms with Gasteiger partial charge < -0.3 is 10.6 Å². The molecule has 2 N–H and O–H groups in total. The minimum absolute atomic E-state index is 0. The van der Waals surface area contributed by atoms with Crippen molar-refractivity contribution in [1.29, 1.82) is 0 Å². The minimum Gasteiger partial charge on any atom is -0.380 e. The molecule has 1 fully saturated rings. The second-order valence-corrected chi connectivity index (χ2v) is 11.6. The Hall–Kier alpha value is -0.590. The molecule has 0 aliphatic carbocycles. The largest absolute Gasteiger partial charge is 0.380 e. The van der Waals surface area contributed by atoms with Crippen molar-refractivity contribution < 1.29 is 16.8 Å². The van der Waals surface area contributed by atoms with E-state index in [1.54, 1.807) is 19.2 Å². The number of hydrogen-bond donors (Lipinski definition) is 2. The van der Waals surface area contributed by atoms with Crippen molar-refractivity contribution in [2.45, 2.75) is 14.0 Å². The van der Waals surface area contributed by atoms with Crippen LogP contribution < -0.4 is 10.6 Å². The molecule has 1 aliphatic rings. The molecule has 7 nitrogen and oxygen atoms in total. The fourth-order valence-corrected chi connectivity index (χ4v) is 6.69. The zero-order valence-electron chi connectivity index (χ0n) is 16.2. The summed E-state index contributed by atoms with van der Waals surface area (Å²) in [5, 5.41) is 6.89. The van der Waals surface area contributed by atoms with Crippen LogP contribution in [-0.4, -0.2) is 67.3 Å². The summed E-state index contributed by atoms with van der Waals surface area (Å²) in [6, 6.07) is 8.74. The van der Waals surface area contributed by atoms with Gasteiger partial charge in [0.05, 0.1) is 20.5 Å². The molecule has 0 amide bonds. The third-order valence-corrected chi connectivity index (χ3v) is 9.55. The Balaban J connectivity index is 0.00000280. The van der Waals surface area contributed by atoms with Crippen LogP contribution in [0.25, 0.3) is 0 Å². The summed E-state index contributed by atoms with van der Waals surface area (Å²) in [5.41, 5.74) is 0. The number of anilines is 1. The number of rotatable bonds is 7. The van der Waals surface area contributed by atoms with E-state index in [9.17, 15) is 16.8 Å². The summed E-state index contributed by atoms with van der Waals surface area (Å²) in [5.74, 6) is 0.0234. The van der Waals surface area contributed by atoms with Crippen molar-refractivity contribution in [3.63, 3.8) is 0 Å². The fourth-order valence-electron chi connectivity index (χ4n) is 2.84. The number of sulfone groups is 2. The molecule has 0 saturated carbocycles. The number of hydrogen-bond acceptors (Lipinski definition) is 8. The first-order valence-electron chi connectivity index (χ1n) is 8.61. The molecule has 1 aromatic heterocycles. The maximum absolute atomic E-state index is 12.7. The van der Waals surface area contributed by atoms with Crippen LogP contribution in [0.2, 0.25) is 0 Å². The molecule has 0 spiro atoms. The molecule has 1 aliphatic heterocycles. The standard InChI is InChI=1S/C17H23N3O4S3.3ClH/c1-18-16-6-7-17(25-16)27(23,24)15-4-2-14(3-5-15)26(21,22)13-12-20-10-8-19-9-11-20;;;/h2-7,18-19H,8-13H2,1H3;3*1H. The monoisotopic (exact) mass is 537 g/mol. The molecule has 0 unspecified atom stereocenters. The van der Waals surface area contributed by atoms with Crippen molar-refractivity contribution in [2.24, 2.45) is 0 Å². The lowest BCUT2D eigenvalue weighted by atomic mass is 10.4. The van der Waals surface area contributed by atoms with Crippen LogP contribution in [0, 0.1) is 0 Å². The van der Waals surface area contributed by atoms with Crippen LogP contribution >= 0.6 is 48.6 Å². The molecule has 2 aromatic rings. The Kier molecular flexibility index (Phi) is 12.2. The van der Waals surface area contributed by atoms with Gasteiger partial charge in [-0.25, -0.2) is 16.8 Å². The Morgan fingerprint density at radius 1 is 0.933 bits per heavy atom. The van der Waals surface area contributed by atoms with Gasteiger partial charge in [-0.15, -0.1) is 48.6 Å². The van der Waals surface area contributed by atoms with E-state index in [2.05, 4.69) is 15.5 Å². The first-order chi connectivity index (χ1) is 12.8. The van der Waals surface area contributed by atoms with Crippen molar-refractivity contribution in [1.82, 2.24) is 10.2 Å². The van der Waals surface area contributed by atoms with E-state index < -0.39 is 19.7 Å². The first kappa shape index (κ1) is 29.4. The maximum atomic E-state index is 12.7. The Labute approximate surface area is 200 Å². The van der Waals surface area contributed by atoms with Gasteiger partial charge >= 0.3 is 0 Å². The highest BCUT2D eigenvalue weighted by atomic mass is 35.5. The van der Waals surface area contributed by atoms with Crippen LogP contribution in [0.15, 0.2) is 50.4 Å². The summed E-state index contributed by atoms with van der Waals surface area (Å²) in [6.07, 6.45) is 0. The third-order valence-electron chi connectivity index (χ3n) is 4.47. The quantitative estimate of drug-likeness (QED) is 0.559. The van der Waals surface area contributed by atoms with Gasteiger partial charge in [0.2, 0.25) is 9.84 Å². The van der Waals surface area contributed by atoms with Crippen molar-refractivity contribution in [2.75, 3.05) is 50.8 Å². The maximum Gasteiger partial charge on any atom is 0.216 e. The highest BCUT2D eigenvalue weighted by Crippen LogP contribution is 2.30. The van der Waals surface area contributed by atoms with Crippen molar-refractivity contribution in [3.05, 3.63) is 36.4 Å². The van der Waals surface area contributed by atoms with Crippen LogP contribution in [-0.2, 0) is 19.7 Å². The fraction of sp³-hybridized carbons (Fsp3) is 0.412. The van der Waals surface area contributed by atoms with Gasteiger partial charge in [-0.2, -0.15) is 0 Å². The van der Waals surface area contributed by atoms with E-state index in [0.29, 0.717) is 6.54 Å². The summed E-state index contributed by atoms with van der Waals surface area (Å²) in [4.78, 5) is 2.36. The molecular formula is C17H26Cl3N3O4S3. The van der Waals surface area contributed by atoms with E-state index in [1.165, 1.54) is 24.3 Å². The number of piperazine rings is 1. The summed E-state index contributed by atoms with van der Waals surface area (Å²) < 4.78 is 50.7. The predicted molar refractivity (Wildman–Crippen MR) is 129 cm³/mol. The van der Waals surface area contributed by atoms with Gasteiger partial charge in [-0.1, -0.05) is 0 Å². The molecule has 3 rings (SSSR count). The molecule has 1 aromatic carbocycles. The van der Waals surface area contributed by atoms with E-state index in [1.807, 2.05) is 0 Å². The number of nitrogens with zero attached hydrogens (tertiary/aromatic N) is 1. The van der Waals surface area contributed by atoms with Crippen molar-refractivity contribution in [3.8, 4) is 0 Å². The molecule has 1 saturated heterocycles. The van der Waals surface area contributed by atoms with Gasteiger partial charge in [0, 0.05) is 39.8 Å². The lowest BCUT2D eigenvalue weighted by Crippen LogP contribution is -2.45. The van der Waals surface area contributed by atoms with Gasteiger partial charge in [0.1, 0.15) is 4.21 Å². The van der Waals surface area contributed by atoms with E-state index in [4.69, 9.17) is 0 Å². The molecule has 0 bridgehead atoms. The van der Waals surface area contributed by atoms with Gasteiger partial charge in [-0.3, -0.25) is 4.90 Å². The summed E-state index contributed by atoms with van der Waals surface area (Å²) in [6.45, 7) is 3.88. The zero-order valence-corrected chi connectivity index (χ0v) is 21.1. The minimum atomic E-state index is -3.65. The van der Waals surface area contributed by atoms with Gasteiger partial charge in [0.15, 0.2) is 9.84 Å². The van der Waals surface area contributed by atoms with Crippen LogP contribution in [0.1, 0.15) is 0 Å². The van der Waals surface area contributed by atoms with E-state index >= 15 is 0 Å². The van der Waals surface area contributed by atoms with Gasteiger partial charge in [0.25, 0.3) is 0 Å². The summed E-state index contributed by atoms with van der Waals surface area (Å²) in [7, 11) is -5.38. The normalized spacial score (nSPS) is 14.7. The molecule has 13 heteroatoms. The molecule has 30 heavy (non-hydrogen) atoms. The second-order valence-electron chi connectivity index (χ2n) is 6.25. The van der Waals surface area contributed by atoms with Crippen LogP contribution in [0.5, 0.6) is 0 Å². The Bertz CT molecular complexity index is 991. The molecule has 2 heterocycles. The number of benzene rings is 1. The number of halogens is 3. The topological polar surface area (TPSA) is 95.6 Å². The predicted octanol–water partition coefficient (Wildman–Crippen LogP) is 2.57. The van der Waals surface area contributed by atoms with E-state index in [0.717, 1.165) is 42.5 Å². The highest BCUT2D eigenvalue weighted by Gasteiger charge is 2.22. The molecule has 172 valence electrons. The zero-order chi connectivity index (χ0) is 19.5. The number of thiophene rings is 1. The smallest absolute Gasteiger partial charge is 0.216 e. The lowest BCUT2D eigenvalue weighted by Gasteiger charge is -2.26.